The Kier molecular flexibility index (Phi) is 6.47. The van der Waals surface area contributed by atoms with E-state index in [0.717, 1.165) is 17.5 Å². The van der Waals surface area contributed by atoms with Crippen LogP contribution in [0.3, 0.4) is 0 Å². The highest BCUT2D eigenvalue weighted by atomic mass is 16.3. The van der Waals surface area contributed by atoms with E-state index < -0.39 is 5.60 Å². The number of pyridine rings is 1. The number of benzene rings is 1. The maximum atomic E-state index is 13.1. The third kappa shape index (κ3) is 4.97. The molecule has 1 aliphatic heterocycles. The second-order valence-corrected chi connectivity index (χ2v) is 8.29. The highest BCUT2D eigenvalue weighted by Gasteiger charge is 2.42. The highest BCUT2D eigenvalue weighted by Crippen LogP contribution is 2.26. The number of hydrogen-bond donors (Lipinski definition) is 1. The van der Waals surface area contributed by atoms with Gasteiger partial charge in [-0.25, -0.2) is 0 Å². The van der Waals surface area contributed by atoms with Gasteiger partial charge in [-0.15, -0.1) is 0 Å². The molecule has 1 aromatic carbocycles. The van der Waals surface area contributed by atoms with Crippen LogP contribution >= 0.6 is 0 Å². The second-order valence-electron chi connectivity index (χ2n) is 8.29. The van der Waals surface area contributed by atoms with E-state index >= 15 is 0 Å². The lowest BCUT2D eigenvalue weighted by Crippen LogP contribution is -2.57. The number of rotatable bonds is 7. The molecule has 1 fully saturated rings. The molecule has 5 heteroatoms. The van der Waals surface area contributed by atoms with Gasteiger partial charge >= 0.3 is 0 Å². The molecular weight excluding hydrogens is 350 g/mol. The van der Waals surface area contributed by atoms with Crippen LogP contribution in [0.2, 0.25) is 0 Å². The number of hydrogen-bond acceptors (Lipinski definition) is 4. The maximum absolute atomic E-state index is 13.1. The smallest absolute Gasteiger partial charge is 0.256 e. The third-order valence-corrected chi connectivity index (χ3v) is 5.43. The lowest BCUT2D eigenvalue weighted by Gasteiger charge is -2.40. The average molecular weight is 382 g/mol. The van der Waals surface area contributed by atoms with Crippen molar-refractivity contribution in [3.63, 3.8) is 0 Å². The summed E-state index contributed by atoms with van der Waals surface area (Å²) in [4.78, 5) is 21.0. The van der Waals surface area contributed by atoms with Gasteiger partial charge in [0.2, 0.25) is 0 Å². The summed E-state index contributed by atoms with van der Waals surface area (Å²) in [6, 6.07) is 12.3. The molecule has 1 aliphatic rings. The Morgan fingerprint density at radius 3 is 2.61 bits per heavy atom. The fourth-order valence-electron chi connectivity index (χ4n) is 3.90. The van der Waals surface area contributed by atoms with Gasteiger partial charge in [-0.2, -0.15) is 0 Å². The number of aliphatic hydroxyl groups is 1. The van der Waals surface area contributed by atoms with E-state index in [2.05, 4.69) is 43.1 Å². The minimum Gasteiger partial charge on any atom is -0.379 e. The van der Waals surface area contributed by atoms with Crippen LogP contribution in [-0.2, 0) is 17.9 Å². The Balaban J connectivity index is 1.63. The van der Waals surface area contributed by atoms with Crippen molar-refractivity contribution in [3.05, 3.63) is 65.5 Å². The van der Waals surface area contributed by atoms with Gasteiger partial charge in [0.1, 0.15) is 0 Å². The molecule has 0 spiro atoms. The van der Waals surface area contributed by atoms with Gasteiger partial charge in [-0.1, -0.05) is 44.2 Å². The number of amides is 1. The SMILES string of the molecule is CC(C)c1ccc(CN2CCCC(O)(CN(C)Cc3cccnc3)C2=O)cc1. The molecule has 1 atom stereocenters. The summed E-state index contributed by atoms with van der Waals surface area (Å²) < 4.78 is 0. The molecule has 0 saturated carbocycles. The lowest BCUT2D eigenvalue weighted by atomic mass is 9.90. The molecule has 1 N–H and O–H groups in total. The quantitative estimate of drug-likeness (QED) is 0.800. The molecule has 2 aromatic rings. The minimum absolute atomic E-state index is 0.162. The summed E-state index contributed by atoms with van der Waals surface area (Å²) in [5, 5.41) is 11.1. The molecule has 0 radical (unpaired) electrons. The molecule has 1 unspecified atom stereocenters. The van der Waals surface area contributed by atoms with Crippen LogP contribution in [0.1, 0.15) is 49.3 Å². The number of likely N-dealkylation sites (N-methyl/N-ethyl adjacent to an activating group) is 1. The zero-order valence-corrected chi connectivity index (χ0v) is 17.1. The molecule has 1 saturated heterocycles. The summed E-state index contributed by atoms with van der Waals surface area (Å²) in [6.07, 6.45) is 4.88. The number of piperidine rings is 1. The molecule has 0 bridgehead atoms. The number of aromatic nitrogens is 1. The van der Waals surface area contributed by atoms with Crippen LogP contribution in [-0.4, -0.2) is 51.5 Å². The van der Waals surface area contributed by atoms with Gasteiger partial charge < -0.3 is 10.0 Å². The zero-order valence-electron chi connectivity index (χ0n) is 17.1. The van der Waals surface area contributed by atoms with Crippen molar-refractivity contribution in [1.82, 2.24) is 14.8 Å². The van der Waals surface area contributed by atoms with Gasteiger partial charge in [0.05, 0.1) is 0 Å². The third-order valence-electron chi connectivity index (χ3n) is 5.43. The van der Waals surface area contributed by atoms with Crippen LogP contribution in [0.4, 0.5) is 0 Å². The van der Waals surface area contributed by atoms with E-state index in [1.54, 1.807) is 11.1 Å². The molecule has 28 heavy (non-hydrogen) atoms. The van der Waals surface area contributed by atoms with Gasteiger partial charge in [-0.3, -0.25) is 14.7 Å². The average Bonchev–Trinajstić information content (AvgIpc) is 2.66. The highest BCUT2D eigenvalue weighted by molar-refractivity contribution is 5.86. The van der Waals surface area contributed by atoms with E-state index in [9.17, 15) is 9.90 Å². The number of likely N-dealkylation sites (tertiary alicyclic amines) is 1. The number of carbonyl (C=O) groups is 1. The maximum Gasteiger partial charge on any atom is 0.256 e. The molecule has 1 amide bonds. The summed E-state index contributed by atoms with van der Waals surface area (Å²) in [7, 11) is 1.93. The molecule has 150 valence electrons. The monoisotopic (exact) mass is 381 g/mol. The predicted molar refractivity (Wildman–Crippen MR) is 111 cm³/mol. The van der Waals surface area contributed by atoms with E-state index in [0.29, 0.717) is 38.5 Å². The van der Waals surface area contributed by atoms with E-state index in [1.165, 1.54) is 5.56 Å². The van der Waals surface area contributed by atoms with Gasteiger partial charge in [0.15, 0.2) is 5.60 Å². The number of nitrogens with zero attached hydrogens (tertiary/aromatic N) is 3. The minimum atomic E-state index is -1.33. The standard InChI is InChI=1S/C23H31N3O2/c1-18(2)21-9-7-19(8-10-21)16-26-13-5-11-23(28,22(26)27)17-25(3)15-20-6-4-12-24-14-20/h4,6-10,12,14,18,28H,5,11,13,15-17H2,1-3H3. The Bertz CT molecular complexity index is 776. The van der Waals surface area contributed by atoms with E-state index in [1.807, 2.05) is 30.3 Å². The van der Waals surface area contributed by atoms with Gasteiger partial charge in [0, 0.05) is 38.6 Å². The van der Waals surface area contributed by atoms with Crippen LogP contribution in [0, 0.1) is 0 Å². The first-order valence-electron chi connectivity index (χ1n) is 10.1. The zero-order chi connectivity index (χ0) is 20.1. The van der Waals surface area contributed by atoms with Crippen molar-refractivity contribution in [2.75, 3.05) is 20.1 Å². The van der Waals surface area contributed by atoms with Crippen molar-refractivity contribution in [3.8, 4) is 0 Å². The lowest BCUT2D eigenvalue weighted by molar-refractivity contribution is -0.160. The van der Waals surface area contributed by atoms with Gasteiger partial charge in [0.25, 0.3) is 5.91 Å². The van der Waals surface area contributed by atoms with Crippen molar-refractivity contribution < 1.29 is 9.90 Å². The Morgan fingerprint density at radius 2 is 1.96 bits per heavy atom. The predicted octanol–water partition coefficient (Wildman–Crippen LogP) is 3.19. The Hall–Kier alpha value is -2.24. The fourth-order valence-corrected chi connectivity index (χ4v) is 3.90. The molecule has 0 aliphatic carbocycles. The first kappa shape index (κ1) is 20.5. The van der Waals surface area contributed by atoms with Crippen LogP contribution in [0.25, 0.3) is 0 Å². The first-order chi connectivity index (χ1) is 13.4. The topological polar surface area (TPSA) is 56.7 Å². The van der Waals surface area contributed by atoms with Crippen molar-refractivity contribution >= 4 is 5.91 Å². The Morgan fingerprint density at radius 1 is 1.21 bits per heavy atom. The van der Waals surface area contributed by atoms with Crippen molar-refractivity contribution in [1.29, 1.82) is 0 Å². The summed E-state index contributed by atoms with van der Waals surface area (Å²) in [5.74, 6) is 0.329. The summed E-state index contributed by atoms with van der Waals surface area (Å²) in [5.41, 5.74) is 2.14. The molecule has 2 heterocycles. The summed E-state index contributed by atoms with van der Waals surface area (Å²) >= 11 is 0. The van der Waals surface area contributed by atoms with Gasteiger partial charge in [-0.05, 0) is 48.6 Å². The number of carbonyl (C=O) groups excluding carboxylic acids is 1. The van der Waals surface area contributed by atoms with Crippen LogP contribution in [0.5, 0.6) is 0 Å². The van der Waals surface area contributed by atoms with E-state index in [4.69, 9.17) is 0 Å². The van der Waals surface area contributed by atoms with Crippen LogP contribution < -0.4 is 0 Å². The molecule has 5 nitrogen and oxygen atoms in total. The molecule has 1 aromatic heterocycles. The van der Waals surface area contributed by atoms with Crippen molar-refractivity contribution in [2.45, 2.75) is 51.3 Å². The largest absolute Gasteiger partial charge is 0.379 e. The van der Waals surface area contributed by atoms with E-state index in [-0.39, 0.29) is 5.91 Å². The molecule has 3 rings (SSSR count). The Labute approximate surface area is 168 Å². The molecular formula is C23H31N3O2. The van der Waals surface area contributed by atoms with Crippen LogP contribution in [0.15, 0.2) is 48.8 Å². The normalized spacial score (nSPS) is 20.2. The second kappa shape index (κ2) is 8.84. The first-order valence-corrected chi connectivity index (χ1v) is 10.1. The fraction of sp³-hybridized carbons (Fsp3) is 0.478. The summed E-state index contributed by atoms with van der Waals surface area (Å²) in [6.45, 7) is 6.56. The van der Waals surface area contributed by atoms with Crippen molar-refractivity contribution in [2.24, 2.45) is 0 Å².